The number of aliphatic hydroxyl groups excluding tert-OH is 1. The average Bonchev–Trinajstić information content (AvgIpc) is 2.90. The largest absolute Gasteiger partial charge is 0.389 e. The number of carbonyl (C=O) groups is 1. The van der Waals surface area contributed by atoms with E-state index >= 15 is 0 Å². The van der Waals surface area contributed by atoms with Gasteiger partial charge >= 0.3 is 0 Å². The number of benzene rings is 2. The van der Waals surface area contributed by atoms with Crippen molar-refractivity contribution in [3.8, 4) is 0 Å². The lowest BCUT2D eigenvalue weighted by Gasteiger charge is -2.21. The number of β-amino-alcohol motifs (C(OH)–C–C–N with tert-alkyl or cyclic N) is 1. The second kappa shape index (κ2) is 8.54. The number of nitrogens with one attached hydrogen (secondary N) is 1. The van der Waals surface area contributed by atoms with Gasteiger partial charge in [0.2, 0.25) is 10.0 Å². The van der Waals surface area contributed by atoms with Crippen LogP contribution in [0.3, 0.4) is 0 Å². The Balaban J connectivity index is 1.82. The van der Waals surface area contributed by atoms with Gasteiger partial charge in [-0.25, -0.2) is 12.8 Å². The summed E-state index contributed by atoms with van der Waals surface area (Å²) in [6.07, 6.45) is -0.924. The molecule has 1 aliphatic rings. The smallest absolute Gasteiger partial charge is 0.255 e. The molecule has 0 saturated carbocycles. The van der Waals surface area contributed by atoms with Crippen LogP contribution in [-0.4, -0.2) is 56.1 Å². The summed E-state index contributed by atoms with van der Waals surface area (Å²) in [7, 11) is -3.92. The molecule has 0 spiro atoms. The monoisotopic (exact) mass is 428 g/mol. The molecule has 0 aliphatic carbocycles. The Hall–Kier alpha value is -2.04. The van der Waals surface area contributed by atoms with Gasteiger partial charge in [-0.3, -0.25) is 4.79 Å². The lowest BCUT2D eigenvalue weighted by Crippen LogP contribution is -2.37. The van der Waals surface area contributed by atoms with Crippen LogP contribution in [0.15, 0.2) is 47.4 Å². The van der Waals surface area contributed by atoms with Gasteiger partial charge in [-0.1, -0.05) is 17.7 Å². The zero-order valence-corrected chi connectivity index (χ0v) is 16.2. The minimum atomic E-state index is -3.92. The Morgan fingerprint density at radius 3 is 2.82 bits per heavy atom. The predicted molar refractivity (Wildman–Crippen MR) is 101 cm³/mol. The minimum absolute atomic E-state index is 0.0642. The second-order valence-corrected chi connectivity index (χ2v) is 8.55. The van der Waals surface area contributed by atoms with Crippen LogP contribution in [0.5, 0.6) is 0 Å². The fourth-order valence-electron chi connectivity index (χ4n) is 2.71. The zero-order valence-electron chi connectivity index (χ0n) is 14.6. The van der Waals surface area contributed by atoms with Crippen LogP contribution in [0.2, 0.25) is 5.02 Å². The van der Waals surface area contributed by atoms with Crippen molar-refractivity contribution in [1.82, 2.24) is 4.31 Å². The third-order valence-corrected chi connectivity index (χ3v) is 6.27. The van der Waals surface area contributed by atoms with E-state index in [0.29, 0.717) is 0 Å². The summed E-state index contributed by atoms with van der Waals surface area (Å²) in [5.41, 5.74) is 0.380. The van der Waals surface area contributed by atoms with E-state index in [2.05, 4.69) is 5.32 Å². The summed E-state index contributed by atoms with van der Waals surface area (Å²) in [4.78, 5) is 12.4. The van der Waals surface area contributed by atoms with Crippen molar-refractivity contribution in [3.63, 3.8) is 0 Å². The quantitative estimate of drug-likeness (QED) is 0.777. The van der Waals surface area contributed by atoms with Crippen molar-refractivity contribution >= 4 is 33.2 Å². The van der Waals surface area contributed by atoms with Gasteiger partial charge in [0.25, 0.3) is 5.91 Å². The van der Waals surface area contributed by atoms with Crippen molar-refractivity contribution < 1.29 is 27.4 Å². The number of carbonyl (C=O) groups excluding carboxylic acids is 1. The number of rotatable bonds is 4. The maximum absolute atomic E-state index is 13.2. The third-order valence-electron chi connectivity index (χ3n) is 4.12. The van der Waals surface area contributed by atoms with Crippen molar-refractivity contribution in [2.45, 2.75) is 11.0 Å². The number of anilines is 1. The van der Waals surface area contributed by atoms with Crippen LogP contribution in [0.4, 0.5) is 10.1 Å². The summed E-state index contributed by atoms with van der Waals surface area (Å²) in [6, 6.07) is 9.24. The van der Waals surface area contributed by atoms with Crippen molar-refractivity contribution in [3.05, 3.63) is 58.9 Å². The molecule has 2 N–H and O–H groups in total. The Morgan fingerprint density at radius 1 is 1.29 bits per heavy atom. The highest BCUT2D eigenvalue weighted by atomic mass is 35.5. The van der Waals surface area contributed by atoms with Gasteiger partial charge in [0, 0.05) is 24.3 Å². The van der Waals surface area contributed by atoms with Crippen LogP contribution in [-0.2, 0) is 14.8 Å². The number of hydrogen-bond acceptors (Lipinski definition) is 5. The van der Waals surface area contributed by atoms with E-state index in [1.165, 1.54) is 36.4 Å². The fraction of sp³-hybridized carbons (Fsp3) is 0.278. The molecule has 28 heavy (non-hydrogen) atoms. The number of nitrogens with zero attached hydrogens (tertiary/aromatic N) is 1. The van der Waals surface area contributed by atoms with Crippen molar-refractivity contribution in [2.24, 2.45) is 0 Å². The Kier molecular flexibility index (Phi) is 6.31. The summed E-state index contributed by atoms with van der Waals surface area (Å²) < 4.78 is 45.3. The summed E-state index contributed by atoms with van der Waals surface area (Å²) >= 11 is 5.70. The molecule has 10 heteroatoms. The zero-order chi connectivity index (χ0) is 20.3. The van der Waals surface area contributed by atoms with Gasteiger partial charge in [0.15, 0.2) is 0 Å². The fourth-order valence-corrected chi connectivity index (χ4v) is 4.40. The normalized spacial score (nSPS) is 18.5. The number of aliphatic hydroxyl groups is 1. The Morgan fingerprint density at radius 2 is 2.07 bits per heavy atom. The van der Waals surface area contributed by atoms with Crippen molar-refractivity contribution in [1.29, 1.82) is 0 Å². The highest BCUT2D eigenvalue weighted by Gasteiger charge is 2.29. The van der Waals surface area contributed by atoms with Crippen LogP contribution in [0, 0.1) is 5.82 Å². The standard InChI is InChI=1S/C18H18ClFN2O5S/c19-16-9-13(4-5-17(16)20)21-18(24)12-2-1-3-15(8-12)28(25,26)22-6-7-27-11-14(23)10-22/h1-5,8-9,14,23H,6-7,10-11H2,(H,21,24). The number of halogens is 2. The molecule has 1 saturated heterocycles. The van der Waals surface area contributed by atoms with E-state index in [1.54, 1.807) is 0 Å². The molecule has 1 aliphatic heterocycles. The maximum atomic E-state index is 13.2. The number of hydrogen-bond donors (Lipinski definition) is 2. The van der Waals surface area contributed by atoms with Gasteiger partial charge in [0.05, 0.1) is 29.2 Å². The molecule has 1 heterocycles. The summed E-state index contributed by atoms with van der Waals surface area (Å²) in [5, 5.41) is 12.2. The van der Waals surface area contributed by atoms with Gasteiger partial charge in [0.1, 0.15) is 5.82 Å². The minimum Gasteiger partial charge on any atom is -0.389 e. The van der Waals surface area contributed by atoms with Crippen LogP contribution in [0.1, 0.15) is 10.4 Å². The highest BCUT2D eigenvalue weighted by Crippen LogP contribution is 2.22. The lowest BCUT2D eigenvalue weighted by atomic mass is 10.2. The first kappa shape index (κ1) is 20.7. The van der Waals surface area contributed by atoms with E-state index in [0.717, 1.165) is 10.4 Å². The second-order valence-electron chi connectivity index (χ2n) is 6.20. The average molecular weight is 429 g/mol. The molecular weight excluding hydrogens is 411 g/mol. The Bertz CT molecular complexity index is 986. The number of amides is 1. The third kappa shape index (κ3) is 4.68. The van der Waals surface area contributed by atoms with E-state index in [-0.39, 0.29) is 47.5 Å². The van der Waals surface area contributed by atoms with Gasteiger partial charge in [-0.15, -0.1) is 0 Å². The molecular formula is C18H18ClFN2O5S. The first-order valence-electron chi connectivity index (χ1n) is 8.40. The highest BCUT2D eigenvalue weighted by molar-refractivity contribution is 7.89. The summed E-state index contributed by atoms with van der Waals surface area (Å²) in [6.45, 7) is 0.243. The lowest BCUT2D eigenvalue weighted by molar-refractivity contribution is 0.0583. The molecule has 1 fully saturated rings. The summed E-state index contributed by atoms with van der Waals surface area (Å²) in [5.74, 6) is -1.18. The Labute approximate surface area is 166 Å². The van der Waals surface area contributed by atoms with Crippen LogP contribution < -0.4 is 5.32 Å². The molecule has 1 unspecified atom stereocenters. The van der Waals surface area contributed by atoms with Gasteiger partial charge in [-0.05, 0) is 36.4 Å². The van der Waals surface area contributed by atoms with Crippen molar-refractivity contribution in [2.75, 3.05) is 31.6 Å². The molecule has 1 amide bonds. The molecule has 7 nitrogen and oxygen atoms in total. The SMILES string of the molecule is O=C(Nc1ccc(F)c(Cl)c1)c1cccc(S(=O)(=O)N2CCOCC(O)C2)c1. The first-order valence-corrected chi connectivity index (χ1v) is 10.2. The number of sulfonamides is 1. The van der Waals surface area contributed by atoms with E-state index in [9.17, 15) is 22.7 Å². The molecule has 0 aromatic heterocycles. The molecule has 2 aromatic carbocycles. The maximum Gasteiger partial charge on any atom is 0.255 e. The predicted octanol–water partition coefficient (Wildman–Crippen LogP) is 2.11. The van der Waals surface area contributed by atoms with Crippen LogP contribution in [0.25, 0.3) is 0 Å². The van der Waals surface area contributed by atoms with Gasteiger partial charge in [-0.2, -0.15) is 4.31 Å². The molecule has 0 bridgehead atoms. The topological polar surface area (TPSA) is 95.9 Å². The molecule has 0 radical (unpaired) electrons. The van der Waals surface area contributed by atoms with E-state index in [4.69, 9.17) is 16.3 Å². The number of ether oxygens (including phenoxy) is 1. The van der Waals surface area contributed by atoms with Crippen LogP contribution >= 0.6 is 11.6 Å². The molecule has 1 atom stereocenters. The molecule has 3 rings (SSSR count). The van der Waals surface area contributed by atoms with Gasteiger partial charge < -0.3 is 15.2 Å². The molecule has 2 aromatic rings. The van der Waals surface area contributed by atoms with E-state index < -0.39 is 27.9 Å². The first-order chi connectivity index (χ1) is 13.3. The van der Waals surface area contributed by atoms with E-state index in [1.807, 2.05) is 0 Å². The molecule has 150 valence electrons.